The Morgan fingerprint density at radius 1 is 0.972 bits per heavy atom. The Morgan fingerprint density at radius 2 is 1.61 bits per heavy atom. The van der Waals surface area contributed by atoms with E-state index >= 15 is 0 Å². The Balaban J connectivity index is 1.88. The van der Waals surface area contributed by atoms with Gasteiger partial charge in [0.25, 0.3) is 0 Å². The monoisotopic (exact) mass is 513 g/mol. The first-order valence-corrected chi connectivity index (χ1v) is 13.3. The third kappa shape index (κ3) is 6.47. The van der Waals surface area contributed by atoms with Crippen LogP contribution in [0, 0.1) is 5.82 Å². The molecule has 0 saturated heterocycles. The largest absolute Gasteiger partial charge is 0.352 e. The second-order valence-electron chi connectivity index (χ2n) is 9.01. The minimum atomic E-state index is -3.97. The van der Waals surface area contributed by atoms with Gasteiger partial charge in [-0.25, -0.2) is 12.8 Å². The molecule has 0 bridgehead atoms. The average molecular weight is 514 g/mol. The van der Waals surface area contributed by atoms with Gasteiger partial charge in [0, 0.05) is 19.6 Å². The minimum Gasteiger partial charge on any atom is -0.352 e. The number of fused-ring (bicyclic) bond motifs is 1. The number of amides is 2. The van der Waals surface area contributed by atoms with Crippen molar-refractivity contribution in [3.8, 4) is 0 Å². The van der Waals surface area contributed by atoms with Gasteiger partial charge in [0.05, 0.1) is 11.4 Å². The molecule has 3 rings (SSSR count). The highest BCUT2D eigenvalue weighted by Crippen LogP contribution is 2.22. The van der Waals surface area contributed by atoms with Gasteiger partial charge in [-0.2, -0.15) is 4.31 Å². The van der Waals surface area contributed by atoms with Gasteiger partial charge in [-0.05, 0) is 60.9 Å². The van der Waals surface area contributed by atoms with E-state index in [1.807, 2.05) is 38.1 Å². The second kappa shape index (κ2) is 11.6. The molecule has 9 heteroatoms. The van der Waals surface area contributed by atoms with E-state index < -0.39 is 34.3 Å². The van der Waals surface area contributed by atoms with E-state index in [1.54, 1.807) is 19.1 Å². The molecule has 1 atom stereocenters. The summed E-state index contributed by atoms with van der Waals surface area (Å²) in [5, 5.41) is 4.50. The molecule has 192 valence electrons. The SMILES string of the molecule is CCC(C(=O)NC(C)C)N(Cc1ccc(F)cc1)C(=O)CN(C)S(=O)(=O)c1ccc2ccccc2c1. The Morgan fingerprint density at radius 3 is 2.22 bits per heavy atom. The fraction of sp³-hybridized carbons (Fsp3) is 0.333. The number of nitrogens with zero attached hydrogens (tertiary/aromatic N) is 2. The van der Waals surface area contributed by atoms with Crippen molar-refractivity contribution in [1.82, 2.24) is 14.5 Å². The molecule has 0 aliphatic carbocycles. The normalized spacial score (nSPS) is 12.6. The Bertz CT molecular complexity index is 1330. The van der Waals surface area contributed by atoms with Crippen LogP contribution in [0.4, 0.5) is 4.39 Å². The predicted molar refractivity (Wildman–Crippen MR) is 138 cm³/mol. The number of hydrogen-bond donors (Lipinski definition) is 1. The lowest BCUT2D eigenvalue weighted by Crippen LogP contribution is -2.52. The fourth-order valence-corrected chi connectivity index (χ4v) is 5.12. The molecule has 0 aliphatic rings. The van der Waals surface area contributed by atoms with Crippen LogP contribution in [-0.4, -0.2) is 55.1 Å². The number of sulfonamides is 1. The molecule has 0 spiro atoms. The van der Waals surface area contributed by atoms with E-state index in [0.29, 0.717) is 12.0 Å². The fourth-order valence-electron chi connectivity index (χ4n) is 3.96. The molecule has 7 nitrogen and oxygen atoms in total. The minimum absolute atomic E-state index is 0.0347. The smallest absolute Gasteiger partial charge is 0.243 e. The maximum atomic E-state index is 13.5. The van der Waals surface area contributed by atoms with Gasteiger partial charge >= 0.3 is 0 Å². The molecule has 2 amide bonds. The molecule has 0 aromatic heterocycles. The summed E-state index contributed by atoms with van der Waals surface area (Å²) >= 11 is 0. The van der Waals surface area contributed by atoms with Crippen molar-refractivity contribution in [2.75, 3.05) is 13.6 Å². The van der Waals surface area contributed by atoms with Gasteiger partial charge in [0.2, 0.25) is 21.8 Å². The number of benzene rings is 3. The third-order valence-electron chi connectivity index (χ3n) is 5.87. The summed E-state index contributed by atoms with van der Waals surface area (Å²) in [6, 6.07) is 16.9. The lowest BCUT2D eigenvalue weighted by Gasteiger charge is -2.32. The van der Waals surface area contributed by atoms with Crippen LogP contribution in [0.3, 0.4) is 0 Å². The van der Waals surface area contributed by atoms with Gasteiger partial charge < -0.3 is 10.2 Å². The number of halogens is 1. The van der Waals surface area contributed by atoms with Gasteiger partial charge in [0.1, 0.15) is 11.9 Å². The zero-order valence-electron chi connectivity index (χ0n) is 20.9. The summed E-state index contributed by atoms with van der Waals surface area (Å²) < 4.78 is 41.0. The zero-order valence-corrected chi connectivity index (χ0v) is 21.8. The Kier molecular flexibility index (Phi) is 8.81. The zero-order chi connectivity index (χ0) is 26.5. The van der Waals surface area contributed by atoms with Crippen LogP contribution >= 0.6 is 0 Å². The highest BCUT2D eigenvalue weighted by Gasteiger charge is 2.32. The molecule has 36 heavy (non-hydrogen) atoms. The molecular weight excluding hydrogens is 481 g/mol. The van der Waals surface area contributed by atoms with E-state index in [-0.39, 0.29) is 23.4 Å². The van der Waals surface area contributed by atoms with Crippen LogP contribution in [0.15, 0.2) is 71.6 Å². The summed E-state index contributed by atoms with van der Waals surface area (Å²) in [5.74, 6) is -1.28. The van der Waals surface area contributed by atoms with Crippen molar-refractivity contribution in [2.45, 2.75) is 50.7 Å². The highest BCUT2D eigenvalue weighted by atomic mass is 32.2. The second-order valence-corrected chi connectivity index (χ2v) is 11.1. The van der Waals surface area contributed by atoms with Crippen molar-refractivity contribution >= 4 is 32.6 Å². The topological polar surface area (TPSA) is 86.8 Å². The number of nitrogens with one attached hydrogen (secondary N) is 1. The third-order valence-corrected chi connectivity index (χ3v) is 7.67. The van der Waals surface area contributed by atoms with E-state index in [4.69, 9.17) is 0 Å². The van der Waals surface area contributed by atoms with Gasteiger partial charge in [-0.15, -0.1) is 0 Å². The quantitative estimate of drug-likeness (QED) is 0.445. The predicted octanol–water partition coefficient (Wildman–Crippen LogP) is 3.93. The van der Waals surface area contributed by atoms with Gasteiger partial charge in [-0.3, -0.25) is 9.59 Å². The standard InChI is InChI=1S/C27H32FN3O4S/c1-5-25(27(33)29-19(2)3)31(17-20-10-13-23(28)14-11-20)26(32)18-30(4)36(34,35)24-15-12-21-8-6-7-9-22(21)16-24/h6-16,19,25H,5,17-18H2,1-4H3,(H,29,33). The van der Waals surface area contributed by atoms with Crippen molar-refractivity contribution in [2.24, 2.45) is 0 Å². The molecule has 0 radical (unpaired) electrons. The molecule has 0 fully saturated rings. The van der Waals surface area contributed by atoms with Crippen molar-refractivity contribution < 1.29 is 22.4 Å². The maximum Gasteiger partial charge on any atom is 0.243 e. The van der Waals surface area contributed by atoms with Crippen LogP contribution in [0.1, 0.15) is 32.8 Å². The molecule has 1 unspecified atom stereocenters. The molecule has 3 aromatic rings. The first-order chi connectivity index (χ1) is 17.0. The lowest BCUT2D eigenvalue weighted by atomic mass is 10.1. The first kappa shape index (κ1) is 27.3. The van der Waals surface area contributed by atoms with Crippen molar-refractivity contribution in [3.63, 3.8) is 0 Å². The summed E-state index contributed by atoms with van der Waals surface area (Å²) in [7, 11) is -2.63. The summed E-state index contributed by atoms with van der Waals surface area (Å²) in [6.07, 6.45) is 0.326. The summed E-state index contributed by atoms with van der Waals surface area (Å²) in [6.45, 7) is 5.00. The van der Waals surface area contributed by atoms with Gasteiger partial charge in [-0.1, -0.05) is 49.4 Å². The van der Waals surface area contributed by atoms with Crippen LogP contribution < -0.4 is 5.32 Å². The number of likely N-dealkylation sites (N-methyl/N-ethyl adjacent to an activating group) is 1. The lowest BCUT2D eigenvalue weighted by molar-refractivity contribution is -0.141. The number of carbonyl (C=O) groups excluding carboxylic acids is 2. The molecule has 0 heterocycles. The van der Waals surface area contributed by atoms with E-state index in [9.17, 15) is 22.4 Å². The molecule has 3 aromatic carbocycles. The number of carbonyl (C=O) groups is 2. The number of rotatable bonds is 10. The van der Waals surface area contributed by atoms with Crippen LogP contribution in [0.5, 0.6) is 0 Å². The molecule has 0 saturated carbocycles. The average Bonchev–Trinajstić information content (AvgIpc) is 2.84. The summed E-state index contributed by atoms with van der Waals surface area (Å²) in [5.41, 5.74) is 0.626. The summed E-state index contributed by atoms with van der Waals surface area (Å²) in [4.78, 5) is 27.8. The first-order valence-electron chi connectivity index (χ1n) is 11.8. The molecule has 1 N–H and O–H groups in total. The van der Waals surface area contributed by atoms with Crippen LogP contribution in [0.25, 0.3) is 10.8 Å². The van der Waals surface area contributed by atoms with Crippen molar-refractivity contribution in [3.05, 3.63) is 78.1 Å². The maximum absolute atomic E-state index is 13.5. The van der Waals surface area contributed by atoms with Gasteiger partial charge in [0.15, 0.2) is 0 Å². The molecule has 0 aliphatic heterocycles. The van der Waals surface area contributed by atoms with E-state index in [0.717, 1.165) is 15.1 Å². The van der Waals surface area contributed by atoms with E-state index in [1.165, 1.54) is 42.3 Å². The Labute approximate surface area is 212 Å². The van der Waals surface area contributed by atoms with Crippen molar-refractivity contribution in [1.29, 1.82) is 0 Å². The van der Waals surface area contributed by atoms with E-state index in [2.05, 4.69) is 5.32 Å². The Hall–Kier alpha value is -3.30. The van der Waals surface area contributed by atoms with Crippen LogP contribution in [0.2, 0.25) is 0 Å². The number of hydrogen-bond acceptors (Lipinski definition) is 4. The van der Waals surface area contributed by atoms with Crippen LogP contribution in [-0.2, 0) is 26.2 Å². The highest BCUT2D eigenvalue weighted by molar-refractivity contribution is 7.89. The molecular formula is C27H32FN3O4S.